The van der Waals surface area contributed by atoms with Crippen LogP contribution >= 0.6 is 0 Å². The van der Waals surface area contributed by atoms with E-state index >= 15 is 0 Å². The van der Waals surface area contributed by atoms with Gasteiger partial charge in [0.2, 0.25) is 11.8 Å². The van der Waals surface area contributed by atoms with Crippen LogP contribution in [-0.2, 0) is 16.1 Å². The zero-order valence-corrected chi connectivity index (χ0v) is 19.1. The van der Waals surface area contributed by atoms with Crippen LogP contribution in [0.1, 0.15) is 48.9 Å². The van der Waals surface area contributed by atoms with E-state index in [2.05, 4.69) is 15.3 Å². The molecule has 3 rings (SSSR count). The van der Waals surface area contributed by atoms with E-state index in [0.717, 1.165) is 16.0 Å². The first-order chi connectivity index (χ1) is 15.5. The Morgan fingerprint density at radius 3 is 2.48 bits per heavy atom. The predicted molar refractivity (Wildman–Crippen MR) is 119 cm³/mol. The zero-order valence-electron chi connectivity index (χ0n) is 19.1. The molecule has 10 heteroatoms. The van der Waals surface area contributed by atoms with Gasteiger partial charge in [0, 0.05) is 36.6 Å². The molecular formula is C23H28FN5O4. The Morgan fingerprint density at radius 2 is 1.88 bits per heavy atom. The number of nitrogens with zero attached hydrogens (tertiary/aromatic N) is 3. The topological polar surface area (TPSA) is 128 Å². The minimum absolute atomic E-state index is 0.0345. The summed E-state index contributed by atoms with van der Waals surface area (Å²) in [4.78, 5) is 46.6. The van der Waals surface area contributed by atoms with Crippen LogP contribution < -0.4 is 11.1 Å². The van der Waals surface area contributed by atoms with Crippen molar-refractivity contribution >= 4 is 17.9 Å². The first kappa shape index (κ1) is 24.1. The third kappa shape index (κ3) is 5.82. The van der Waals surface area contributed by atoms with E-state index in [1.165, 1.54) is 0 Å². The van der Waals surface area contributed by atoms with Crippen LogP contribution in [0.25, 0.3) is 11.1 Å². The van der Waals surface area contributed by atoms with E-state index in [-0.39, 0.29) is 25.1 Å². The highest BCUT2D eigenvalue weighted by molar-refractivity contribution is 5.95. The fourth-order valence-electron chi connectivity index (χ4n) is 3.57. The number of nitrogens with one attached hydrogen (secondary N) is 1. The smallest absolute Gasteiger partial charge is 0.411 e. The Kier molecular flexibility index (Phi) is 6.95. The van der Waals surface area contributed by atoms with Crippen LogP contribution in [-0.4, -0.2) is 57.1 Å². The highest BCUT2D eigenvalue weighted by Gasteiger charge is 2.43. The molecule has 1 fully saturated rings. The summed E-state index contributed by atoms with van der Waals surface area (Å²) < 4.78 is 19.8. The Morgan fingerprint density at radius 1 is 1.21 bits per heavy atom. The normalized spacial score (nSPS) is 18.2. The molecule has 0 aliphatic carbocycles. The number of aromatic nitrogens is 2. The van der Waals surface area contributed by atoms with Crippen molar-refractivity contribution in [2.24, 2.45) is 5.73 Å². The molecule has 0 bridgehead atoms. The third-order valence-corrected chi connectivity index (χ3v) is 5.16. The largest absolute Gasteiger partial charge is 0.444 e. The van der Waals surface area contributed by atoms with Gasteiger partial charge in [-0.05, 0) is 57.4 Å². The number of carbonyl (C=O) groups is 3. The van der Waals surface area contributed by atoms with E-state index in [4.69, 9.17) is 10.5 Å². The number of benzene rings is 1. The van der Waals surface area contributed by atoms with Crippen molar-refractivity contribution in [1.29, 1.82) is 0 Å². The van der Waals surface area contributed by atoms with Gasteiger partial charge in [-0.1, -0.05) is 6.07 Å². The summed E-state index contributed by atoms with van der Waals surface area (Å²) in [6.45, 7) is 6.84. The lowest BCUT2D eigenvalue weighted by molar-refractivity contribution is -0.127. The van der Waals surface area contributed by atoms with Crippen molar-refractivity contribution < 1.29 is 23.5 Å². The summed E-state index contributed by atoms with van der Waals surface area (Å²) in [5.41, 5.74) is 6.83. The predicted octanol–water partition coefficient (Wildman–Crippen LogP) is 2.51. The summed E-state index contributed by atoms with van der Waals surface area (Å²) in [5, 5.41) is 2.63. The molecule has 1 aromatic carbocycles. The van der Waals surface area contributed by atoms with Gasteiger partial charge in [-0.2, -0.15) is 0 Å². The molecule has 2 aromatic rings. The summed E-state index contributed by atoms with van der Waals surface area (Å²) in [6.07, 6.45) is 1.06. The van der Waals surface area contributed by atoms with E-state index in [9.17, 15) is 18.8 Å². The number of hydrogen-bond acceptors (Lipinski definition) is 6. The summed E-state index contributed by atoms with van der Waals surface area (Å²) in [6, 6.07) is 3.64. The minimum atomic E-state index is -1.52. The molecule has 3 N–H and O–H groups in total. The van der Waals surface area contributed by atoms with Crippen molar-refractivity contribution in [3.8, 4) is 11.1 Å². The van der Waals surface area contributed by atoms with Crippen LogP contribution in [0, 0.1) is 6.92 Å². The standard InChI is InChI=1S/C23H28FN5O4/c1-13-26-11-16(12-27-13)14-5-6-17(20(25)30)15(9-14)10-28-21(31)19-18(24)7-8-29(19)22(32)33-23(2,3)4/h5-6,9,11-12,18-19H,7-8,10H2,1-4H3,(H2,25,30)(H,28,31)/t18-,19-/m0/s1. The maximum absolute atomic E-state index is 14.5. The molecule has 1 aliphatic rings. The van der Waals surface area contributed by atoms with E-state index in [1.807, 2.05) is 0 Å². The van der Waals surface area contributed by atoms with Crippen molar-refractivity contribution in [1.82, 2.24) is 20.2 Å². The van der Waals surface area contributed by atoms with Crippen molar-refractivity contribution in [2.45, 2.75) is 58.5 Å². The van der Waals surface area contributed by atoms with Gasteiger partial charge in [-0.3, -0.25) is 14.5 Å². The van der Waals surface area contributed by atoms with Crippen LogP contribution in [0.4, 0.5) is 9.18 Å². The highest BCUT2D eigenvalue weighted by atomic mass is 19.1. The van der Waals surface area contributed by atoms with E-state index < -0.39 is 35.7 Å². The second-order valence-electron chi connectivity index (χ2n) is 8.90. The molecule has 176 valence electrons. The monoisotopic (exact) mass is 457 g/mol. The number of nitrogens with two attached hydrogens (primary N) is 1. The molecule has 1 aromatic heterocycles. The number of aryl methyl sites for hydroxylation is 1. The maximum atomic E-state index is 14.5. The molecule has 0 unspecified atom stereocenters. The third-order valence-electron chi connectivity index (χ3n) is 5.16. The average molecular weight is 458 g/mol. The summed E-state index contributed by atoms with van der Waals surface area (Å²) in [7, 11) is 0. The average Bonchev–Trinajstić information content (AvgIpc) is 3.12. The highest BCUT2D eigenvalue weighted by Crippen LogP contribution is 2.25. The van der Waals surface area contributed by atoms with Crippen LogP contribution in [0.5, 0.6) is 0 Å². The maximum Gasteiger partial charge on any atom is 0.411 e. The minimum Gasteiger partial charge on any atom is -0.444 e. The van der Waals surface area contributed by atoms with Crippen LogP contribution in [0.3, 0.4) is 0 Å². The number of ether oxygens (including phenoxy) is 1. The zero-order chi connectivity index (χ0) is 24.3. The lowest BCUT2D eigenvalue weighted by Crippen LogP contribution is -2.50. The van der Waals surface area contributed by atoms with Gasteiger partial charge >= 0.3 is 6.09 Å². The molecule has 33 heavy (non-hydrogen) atoms. The molecule has 0 radical (unpaired) electrons. The van der Waals surface area contributed by atoms with Crippen LogP contribution in [0.15, 0.2) is 30.6 Å². The lowest BCUT2D eigenvalue weighted by atomic mass is 10.00. The second-order valence-corrected chi connectivity index (χ2v) is 8.90. The van der Waals surface area contributed by atoms with Crippen molar-refractivity contribution in [3.05, 3.63) is 47.5 Å². The number of alkyl halides is 1. The van der Waals surface area contributed by atoms with Gasteiger partial charge in [0.05, 0.1) is 0 Å². The van der Waals surface area contributed by atoms with Crippen molar-refractivity contribution in [2.75, 3.05) is 6.54 Å². The van der Waals surface area contributed by atoms with Crippen LogP contribution in [0.2, 0.25) is 0 Å². The van der Waals surface area contributed by atoms with E-state index in [1.54, 1.807) is 58.3 Å². The molecule has 9 nitrogen and oxygen atoms in total. The van der Waals surface area contributed by atoms with Gasteiger partial charge in [-0.15, -0.1) is 0 Å². The molecular weight excluding hydrogens is 429 g/mol. The van der Waals surface area contributed by atoms with Gasteiger partial charge in [-0.25, -0.2) is 19.2 Å². The Bertz CT molecular complexity index is 1050. The Hall–Kier alpha value is -3.56. The molecule has 1 saturated heterocycles. The molecule has 0 spiro atoms. The lowest BCUT2D eigenvalue weighted by Gasteiger charge is -2.28. The molecule has 3 amide bonds. The number of carbonyl (C=O) groups excluding carboxylic acids is 3. The van der Waals surface area contributed by atoms with E-state index in [0.29, 0.717) is 11.4 Å². The van der Waals surface area contributed by atoms with Gasteiger partial charge in [0.15, 0.2) is 0 Å². The molecule has 2 heterocycles. The SMILES string of the molecule is Cc1ncc(-c2ccc(C(N)=O)c(CNC(=O)[C@@H]3[C@@H](F)CCN3C(=O)OC(C)(C)C)c2)cn1. The first-order valence-electron chi connectivity index (χ1n) is 10.6. The van der Waals surface area contributed by atoms with Gasteiger partial charge in [0.1, 0.15) is 23.6 Å². The number of primary amides is 1. The number of halogens is 1. The number of rotatable bonds is 5. The number of hydrogen-bond donors (Lipinski definition) is 2. The summed E-state index contributed by atoms with van der Waals surface area (Å²) in [5.74, 6) is -0.720. The fraction of sp³-hybridized carbons (Fsp3) is 0.435. The quantitative estimate of drug-likeness (QED) is 0.710. The van der Waals surface area contributed by atoms with Crippen molar-refractivity contribution in [3.63, 3.8) is 0 Å². The summed E-state index contributed by atoms with van der Waals surface area (Å²) >= 11 is 0. The number of amides is 3. The first-order valence-corrected chi connectivity index (χ1v) is 10.6. The Balaban J connectivity index is 1.79. The molecule has 2 atom stereocenters. The molecule has 1 aliphatic heterocycles. The second kappa shape index (κ2) is 9.51. The number of likely N-dealkylation sites (tertiary alicyclic amines) is 1. The van der Waals surface area contributed by atoms with Gasteiger partial charge < -0.3 is 15.8 Å². The van der Waals surface area contributed by atoms with Gasteiger partial charge in [0.25, 0.3) is 0 Å². The Labute approximate surface area is 191 Å². The fourth-order valence-corrected chi connectivity index (χ4v) is 3.57. The molecule has 0 saturated carbocycles.